The molecule has 0 unspecified atom stereocenters. The van der Waals surface area contributed by atoms with E-state index in [1.807, 2.05) is 18.7 Å². The summed E-state index contributed by atoms with van der Waals surface area (Å²) in [6, 6.07) is 0. The SMILES string of the molecule is CO[C@@H](C)C(=O)NC12CCC(CSC)(CC1)CC2. The van der Waals surface area contributed by atoms with Crippen LogP contribution < -0.4 is 5.32 Å². The second-order valence-electron chi connectivity index (χ2n) is 6.08. The molecule has 2 bridgehead atoms. The molecule has 0 aromatic carbocycles. The highest BCUT2D eigenvalue weighted by Crippen LogP contribution is 2.53. The lowest BCUT2D eigenvalue weighted by atomic mass is 9.58. The maximum absolute atomic E-state index is 12.0. The van der Waals surface area contributed by atoms with Gasteiger partial charge in [-0.05, 0) is 62.9 Å². The van der Waals surface area contributed by atoms with E-state index in [4.69, 9.17) is 4.74 Å². The third-order valence-electron chi connectivity index (χ3n) is 4.96. The van der Waals surface area contributed by atoms with Gasteiger partial charge >= 0.3 is 0 Å². The van der Waals surface area contributed by atoms with Crippen molar-refractivity contribution in [1.29, 1.82) is 0 Å². The Balaban J connectivity index is 1.95. The second kappa shape index (κ2) is 5.41. The molecule has 3 rings (SSSR count). The molecule has 3 aliphatic carbocycles. The molecule has 1 N–H and O–H groups in total. The number of hydrogen-bond acceptors (Lipinski definition) is 3. The Bertz CT molecular complexity index is 294. The molecule has 3 fully saturated rings. The molecular weight excluding hydrogens is 246 g/mol. The first-order valence-corrected chi connectivity index (χ1v) is 8.28. The summed E-state index contributed by atoms with van der Waals surface area (Å²) in [5.41, 5.74) is 0.642. The molecular formula is C14H25NO2S. The summed E-state index contributed by atoms with van der Waals surface area (Å²) in [5, 5.41) is 3.26. The lowest BCUT2D eigenvalue weighted by Gasteiger charge is -2.53. The van der Waals surface area contributed by atoms with Crippen molar-refractivity contribution in [3.8, 4) is 0 Å². The Morgan fingerprint density at radius 1 is 1.28 bits per heavy atom. The van der Waals surface area contributed by atoms with Gasteiger partial charge in [0, 0.05) is 12.6 Å². The first kappa shape index (κ1) is 14.2. The van der Waals surface area contributed by atoms with Crippen LogP contribution in [0.15, 0.2) is 0 Å². The fourth-order valence-corrected chi connectivity index (χ4v) is 4.49. The van der Waals surface area contributed by atoms with Crippen molar-refractivity contribution < 1.29 is 9.53 Å². The number of ether oxygens (including phenoxy) is 1. The Labute approximate surface area is 114 Å². The lowest BCUT2D eigenvalue weighted by Crippen LogP contribution is -2.58. The van der Waals surface area contributed by atoms with Gasteiger partial charge in [-0.2, -0.15) is 11.8 Å². The van der Waals surface area contributed by atoms with Crippen molar-refractivity contribution in [1.82, 2.24) is 5.32 Å². The summed E-state index contributed by atoms with van der Waals surface area (Å²) in [6.07, 6.45) is 9.13. The van der Waals surface area contributed by atoms with E-state index in [1.54, 1.807) is 7.11 Å². The minimum Gasteiger partial charge on any atom is -0.372 e. The van der Waals surface area contributed by atoms with Gasteiger partial charge in [0.1, 0.15) is 6.10 Å². The molecule has 0 aliphatic heterocycles. The fraction of sp³-hybridized carbons (Fsp3) is 0.929. The predicted octanol–water partition coefficient (Wildman–Crippen LogP) is 2.59. The van der Waals surface area contributed by atoms with Gasteiger partial charge in [0.15, 0.2) is 0 Å². The smallest absolute Gasteiger partial charge is 0.249 e. The Morgan fingerprint density at radius 3 is 2.28 bits per heavy atom. The van der Waals surface area contributed by atoms with Crippen molar-refractivity contribution >= 4 is 17.7 Å². The van der Waals surface area contributed by atoms with Crippen molar-refractivity contribution in [3.63, 3.8) is 0 Å². The minimum absolute atomic E-state index is 0.0526. The molecule has 0 aromatic heterocycles. The number of hydrogen-bond donors (Lipinski definition) is 1. The molecule has 3 nitrogen and oxygen atoms in total. The van der Waals surface area contributed by atoms with Crippen molar-refractivity contribution in [2.75, 3.05) is 19.1 Å². The Kier molecular flexibility index (Phi) is 4.27. The molecule has 3 aliphatic rings. The number of rotatable bonds is 5. The molecule has 4 heteroatoms. The number of carbonyl (C=O) groups is 1. The number of fused-ring (bicyclic) bond motifs is 3. The number of nitrogens with one attached hydrogen (secondary N) is 1. The molecule has 18 heavy (non-hydrogen) atoms. The van der Waals surface area contributed by atoms with Crippen molar-refractivity contribution in [3.05, 3.63) is 0 Å². The van der Waals surface area contributed by atoms with Gasteiger partial charge in [0.25, 0.3) is 0 Å². The highest BCUT2D eigenvalue weighted by Gasteiger charge is 2.49. The van der Waals surface area contributed by atoms with E-state index < -0.39 is 0 Å². The summed E-state index contributed by atoms with van der Waals surface area (Å²) >= 11 is 1.97. The molecule has 0 heterocycles. The zero-order chi connectivity index (χ0) is 13.2. The number of carbonyl (C=O) groups excluding carboxylic acids is 1. The van der Waals surface area contributed by atoms with E-state index in [9.17, 15) is 4.79 Å². The van der Waals surface area contributed by atoms with Gasteiger partial charge in [-0.15, -0.1) is 0 Å². The molecule has 0 aromatic rings. The molecule has 104 valence electrons. The fourth-order valence-electron chi connectivity index (χ4n) is 3.44. The van der Waals surface area contributed by atoms with Gasteiger partial charge < -0.3 is 10.1 Å². The van der Waals surface area contributed by atoms with E-state index in [0.29, 0.717) is 5.41 Å². The third-order valence-corrected chi connectivity index (χ3v) is 5.86. The largest absolute Gasteiger partial charge is 0.372 e. The number of amides is 1. The first-order chi connectivity index (χ1) is 8.55. The van der Waals surface area contributed by atoms with Crippen LogP contribution in [0.2, 0.25) is 0 Å². The maximum atomic E-state index is 12.0. The Morgan fingerprint density at radius 2 is 1.83 bits per heavy atom. The van der Waals surface area contributed by atoms with Crippen LogP contribution in [0.1, 0.15) is 45.4 Å². The minimum atomic E-state index is -0.334. The second-order valence-corrected chi connectivity index (χ2v) is 6.95. The lowest BCUT2D eigenvalue weighted by molar-refractivity contribution is -0.134. The average molecular weight is 271 g/mol. The van der Waals surface area contributed by atoms with E-state index >= 15 is 0 Å². The molecule has 1 atom stereocenters. The number of methoxy groups -OCH3 is 1. The number of thioether (sulfide) groups is 1. The van der Waals surface area contributed by atoms with Gasteiger partial charge in [-0.1, -0.05) is 0 Å². The molecule has 0 saturated heterocycles. The quantitative estimate of drug-likeness (QED) is 0.835. The van der Waals surface area contributed by atoms with E-state index in [0.717, 1.165) is 19.3 Å². The average Bonchev–Trinajstić information content (AvgIpc) is 2.40. The molecule has 0 radical (unpaired) electrons. The van der Waals surface area contributed by atoms with Crippen LogP contribution in [0, 0.1) is 5.41 Å². The normalized spacial score (nSPS) is 36.4. The highest BCUT2D eigenvalue weighted by atomic mass is 32.2. The maximum Gasteiger partial charge on any atom is 0.249 e. The van der Waals surface area contributed by atoms with Crippen molar-refractivity contribution in [2.45, 2.75) is 57.1 Å². The van der Waals surface area contributed by atoms with Crippen LogP contribution in [0.3, 0.4) is 0 Å². The van der Waals surface area contributed by atoms with Gasteiger partial charge in [0.05, 0.1) is 0 Å². The summed E-state index contributed by atoms with van der Waals surface area (Å²) < 4.78 is 5.10. The zero-order valence-corrected chi connectivity index (χ0v) is 12.6. The zero-order valence-electron chi connectivity index (χ0n) is 11.8. The summed E-state index contributed by atoms with van der Waals surface area (Å²) in [6.45, 7) is 1.82. The molecule has 1 amide bonds. The van der Waals surface area contributed by atoms with Gasteiger partial charge in [-0.3, -0.25) is 4.79 Å². The monoisotopic (exact) mass is 271 g/mol. The van der Waals surface area contributed by atoms with Gasteiger partial charge in [0.2, 0.25) is 5.91 Å². The van der Waals surface area contributed by atoms with Crippen LogP contribution >= 0.6 is 11.8 Å². The van der Waals surface area contributed by atoms with Crippen LogP contribution in [-0.4, -0.2) is 36.7 Å². The van der Waals surface area contributed by atoms with Crippen LogP contribution in [0.4, 0.5) is 0 Å². The summed E-state index contributed by atoms with van der Waals surface area (Å²) in [5.74, 6) is 1.34. The van der Waals surface area contributed by atoms with Crippen LogP contribution in [-0.2, 0) is 9.53 Å². The Hall–Kier alpha value is -0.220. The van der Waals surface area contributed by atoms with E-state index in [2.05, 4.69) is 11.6 Å². The standard InChI is InChI=1S/C14H25NO2S/c1-11(17-2)12(16)15-14-7-4-13(5-8-14,6-9-14)10-18-3/h11H,4-10H2,1-3H3,(H,15,16)/t11-,13?,14?/m0/s1. The molecule has 3 saturated carbocycles. The predicted molar refractivity (Wildman–Crippen MR) is 75.9 cm³/mol. The first-order valence-electron chi connectivity index (χ1n) is 6.89. The van der Waals surface area contributed by atoms with E-state index in [1.165, 1.54) is 25.0 Å². The summed E-state index contributed by atoms with van der Waals surface area (Å²) in [4.78, 5) is 12.0. The van der Waals surface area contributed by atoms with Crippen molar-refractivity contribution in [2.24, 2.45) is 5.41 Å². The topological polar surface area (TPSA) is 38.3 Å². The molecule has 0 spiro atoms. The third kappa shape index (κ3) is 2.69. The highest BCUT2D eigenvalue weighted by molar-refractivity contribution is 7.98. The summed E-state index contributed by atoms with van der Waals surface area (Å²) in [7, 11) is 1.59. The van der Waals surface area contributed by atoms with E-state index in [-0.39, 0.29) is 17.6 Å². The van der Waals surface area contributed by atoms with Crippen LogP contribution in [0.25, 0.3) is 0 Å². The van der Waals surface area contributed by atoms with Gasteiger partial charge in [-0.25, -0.2) is 0 Å². The van der Waals surface area contributed by atoms with Crippen LogP contribution in [0.5, 0.6) is 0 Å².